The number of carbonyl (C=O) groups excluding carboxylic acids is 1. The number of nitrogens with zero attached hydrogens (tertiary/aromatic N) is 1. The van der Waals surface area contributed by atoms with Crippen molar-refractivity contribution in [3.63, 3.8) is 0 Å². The first-order chi connectivity index (χ1) is 11.8. The molecule has 1 aromatic rings. The topological polar surface area (TPSA) is 86.7 Å². The van der Waals surface area contributed by atoms with Gasteiger partial charge in [0.25, 0.3) is 5.91 Å². The molecule has 0 saturated heterocycles. The van der Waals surface area contributed by atoms with Crippen molar-refractivity contribution in [1.29, 1.82) is 0 Å². The van der Waals surface area contributed by atoms with E-state index in [1.54, 1.807) is 13.8 Å². The van der Waals surface area contributed by atoms with Crippen LogP contribution in [0, 0.1) is 0 Å². The zero-order valence-corrected chi connectivity index (χ0v) is 16.1. The Labute approximate surface area is 154 Å². The normalized spacial score (nSPS) is 21.3. The van der Waals surface area contributed by atoms with Crippen LogP contribution >= 0.6 is 11.6 Å². The summed E-state index contributed by atoms with van der Waals surface area (Å²) in [6, 6.07) is 4.17. The van der Waals surface area contributed by atoms with Crippen molar-refractivity contribution >= 4 is 27.5 Å². The van der Waals surface area contributed by atoms with Gasteiger partial charge in [-0.1, -0.05) is 25.4 Å². The van der Waals surface area contributed by atoms with Crippen molar-refractivity contribution in [2.75, 3.05) is 13.1 Å². The molecule has 1 fully saturated rings. The Kier molecular flexibility index (Phi) is 6.85. The first-order valence-corrected chi connectivity index (χ1v) is 10.4. The summed E-state index contributed by atoms with van der Waals surface area (Å²) in [6.45, 7) is 4.24. The van der Waals surface area contributed by atoms with Gasteiger partial charge in [0, 0.05) is 19.1 Å². The second-order valence-electron chi connectivity index (χ2n) is 6.21. The van der Waals surface area contributed by atoms with Gasteiger partial charge in [0.15, 0.2) is 0 Å². The third-order valence-corrected chi connectivity index (χ3v) is 6.93. The van der Waals surface area contributed by atoms with Gasteiger partial charge in [-0.15, -0.1) is 0 Å². The van der Waals surface area contributed by atoms with Crippen LogP contribution in [-0.2, 0) is 10.0 Å². The molecule has 0 heterocycles. The number of sulfonamides is 1. The number of amides is 1. The fourth-order valence-electron chi connectivity index (χ4n) is 3.03. The lowest BCUT2D eigenvalue weighted by Gasteiger charge is -2.26. The predicted molar refractivity (Wildman–Crippen MR) is 97.3 cm³/mol. The van der Waals surface area contributed by atoms with Gasteiger partial charge in [-0.2, -0.15) is 4.31 Å². The van der Waals surface area contributed by atoms with Crippen LogP contribution in [0.25, 0.3) is 0 Å². The van der Waals surface area contributed by atoms with Crippen LogP contribution in [-0.4, -0.2) is 49.0 Å². The molecule has 0 aliphatic heterocycles. The van der Waals surface area contributed by atoms with Crippen LogP contribution in [0.4, 0.5) is 0 Å². The molecule has 140 valence electrons. The van der Waals surface area contributed by atoms with Crippen molar-refractivity contribution in [3.05, 3.63) is 28.8 Å². The van der Waals surface area contributed by atoms with Crippen LogP contribution in [0.5, 0.6) is 0 Å². The van der Waals surface area contributed by atoms with Gasteiger partial charge in [0.1, 0.15) is 0 Å². The molecule has 8 heteroatoms. The molecule has 0 unspecified atom stereocenters. The summed E-state index contributed by atoms with van der Waals surface area (Å²) in [7, 11) is -3.65. The van der Waals surface area contributed by atoms with Gasteiger partial charge in [0.05, 0.1) is 21.6 Å². The van der Waals surface area contributed by atoms with Crippen LogP contribution < -0.4 is 5.32 Å². The van der Waals surface area contributed by atoms with Crippen molar-refractivity contribution in [2.24, 2.45) is 0 Å². The molecule has 0 aromatic heterocycles. The number of halogens is 1. The molecule has 1 aromatic carbocycles. The highest BCUT2D eigenvalue weighted by Crippen LogP contribution is 2.24. The first-order valence-electron chi connectivity index (χ1n) is 8.58. The molecule has 0 bridgehead atoms. The summed E-state index contributed by atoms with van der Waals surface area (Å²) in [4.78, 5) is 12.6. The number of aliphatic hydroxyl groups is 1. The summed E-state index contributed by atoms with van der Waals surface area (Å²) >= 11 is 6.12. The fourth-order valence-corrected chi connectivity index (χ4v) is 4.72. The van der Waals surface area contributed by atoms with E-state index in [-0.39, 0.29) is 33.5 Å². The molecule has 1 aliphatic carbocycles. The summed E-state index contributed by atoms with van der Waals surface area (Å²) in [5.74, 6) is -0.386. The summed E-state index contributed by atoms with van der Waals surface area (Å²) in [5, 5.41) is 12.6. The van der Waals surface area contributed by atoms with Crippen molar-refractivity contribution in [1.82, 2.24) is 9.62 Å². The maximum Gasteiger partial charge on any atom is 0.253 e. The average molecular weight is 389 g/mol. The lowest BCUT2D eigenvalue weighted by atomic mass is 9.93. The molecule has 1 saturated carbocycles. The number of hydrogen-bond donors (Lipinski definition) is 2. The third kappa shape index (κ3) is 4.73. The average Bonchev–Trinajstić information content (AvgIpc) is 2.58. The molecular formula is C17H25ClN2O4S. The second-order valence-corrected chi connectivity index (χ2v) is 8.56. The maximum absolute atomic E-state index is 12.6. The summed E-state index contributed by atoms with van der Waals surface area (Å²) < 4.78 is 26.6. The van der Waals surface area contributed by atoms with Crippen LogP contribution in [0.3, 0.4) is 0 Å². The number of nitrogens with one attached hydrogen (secondary N) is 1. The fraction of sp³-hybridized carbons (Fsp3) is 0.588. The van der Waals surface area contributed by atoms with Crippen molar-refractivity contribution in [3.8, 4) is 0 Å². The Morgan fingerprint density at radius 2 is 1.84 bits per heavy atom. The first kappa shape index (κ1) is 20.2. The van der Waals surface area contributed by atoms with Crippen LogP contribution in [0.15, 0.2) is 23.1 Å². The minimum Gasteiger partial charge on any atom is -0.393 e. The van der Waals surface area contributed by atoms with Crippen molar-refractivity contribution in [2.45, 2.75) is 56.6 Å². The van der Waals surface area contributed by atoms with E-state index in [1.165, 1.54) is 22.5 Å². The van der Waals surface area contributed by atoms with Gasteiger partial charge >= 0.3 is 0 Å². The molecule has 0 radical (unpaired) electrons. The van der Waals surface area contributed by atoms with E-state index in [9.17, 15) is 18.3 Å². The molecular weight excluding hydrogens is 364 g/mol. The second kappa shape index (κ2) is 8.49. The monoisotopic (exact) mass is 388 g/mol. The number of rotatable bonds is 6. The number of aliphatic hydroxyl groups excluding tert-OH is 1. The highest BCUT2D eigenvalue weighted by Gasteiger charge is 2.25. The predicted octanol–water partition coefficient (Wildman–Crippen LogP) is 2.40. The number of carbonyl (C=O) groups is 1. The van der Waals surface area contributed by atoms with Crippen LogP contribution in [0.1, 0.15) is 49.9 Å². The maximum atomic E-state index is 12.6. The molecule has 0 spiro atoms. The highest BCUT2D eigenvalue weighted by molar-refractivity contribution is 7.89. The Morgan fingerprint density at radius 1 is 1.24 bits per heavy atom. The van der Waals surface area contributed by atoms with E-state index in [0.717, 1.165) is 0 Å². The minimum absolute atomic E-state index is 0.0324. The Balaban J connectivity index is 2.22. The Morgan fingerprint density at radius 3 is 2.40 bits per heavy atom. The van der Waals surface area contributed by atoms with E-state index in [2.05, 4.69) is 5.32 Å². The smallest absolute Gasteiger partial charge is 0.253 e. The zero-order chi connectivity index (χ0) is 18.6. The quantitative estimate of drug-likeness (QED) is 0.783. The standard InChI is InChI=1S/C17H25ClN2O4S/c1-3-20(4-2)25(23,24)14-9-10-16(18)15(11-14)17(22)19-12-5-7-13(21)8-6-12/h9-13,21H,3-8H2,1-2H3,(H,19,22). The Bertz CT molecular complexity index is 711. The number of hydrogen-bond acceptors (Lipinski definition) is 4. The largest absolute Gasteiger partial charge is 0.393 e. The lowest BCUT2D eigenvalue weighted by Crippen LogP contribution is -2.38. The molecule has 2 rings (SSSR count). The van der Waals surface area contributed by atoms with E-state index >= 15 is 0 Å². The molecule has 1 amide bonds. The minimum atomic E-state index is -3.65. The molecule has 0 atom stereocenters. The van der Waals surface area contributed by atoms with Gasteiger partial charge in [-0.25, -0.2) is 8.42 Å². The van der Waals surface area contributed by atoms with Gasteiger partial charge < -0.3 is 10.4 Å². The third-order valence-electron chi connectivity index (χ3n) is 4.56. The van der Waals surface area contributed by atoms with E-state index in [4.69, 9.17) is 11.6 Å². The van der Waals surface area contributed by atoms with Gasteiger partial charge in [-0.3, -0.25) is 4.79 Å². The zero-order valence-electron chi connectivity index (χ0n) is 14.5. The molecule has 6 nitrogen and oxygen atoms in total. The van der Waals surface area contributed by atoms with E-state index in [1.807, 2.05) is 0 Å². The van der Waals surface area contributed by atoms with Gasteiger partial charge in [-0.05, 0) is 43.9 Å². The lowest BCUT2D eigenvalue weighted by molar-refractivity contribution is 0.0867. The summed E-state index contributed by atoms with van der Waals surface area (Å²) in [6.07, 6.45) is 2.38. The molecule has 25 heavy (non-hydrogen) atoms. The van der Waals surface area contributed by atoms with E-state index < -0.39 is 10.0 Å². The molecule has 1 aliphatic rings. The van der Waals surface area contributed by atoms with Crippen molar-refractivity contribution < 1.29 is 18.3 Å². The summed E-state index contributed by atoms with van der Waals surface area (Å²) in [5.41, 5.74) is 0.154. The highest BCUT2D eigenvalue weighted by atomic mass is 35.5. The van der Waals surface area contributed by atoms with Gasteiger partial charge in [0.2, 0.25) is 10.0 Å². The molecule has 2 N–H and O–H groups in total. The van der Waals surface area contributed by atoms with Crippen LogP contribution in [0.2, 0.25) is 5.02 Å². The SMILES string of the molecule is CCN(CC)S(=O)(=O)c1ccc(Cl)c(C(=O)NC2CCC(O)CC2)c1. The Hall–Kier alpha value is -1.15. The van der Waals surface area contributed by atoms with E-state index in [0.29, 0.717) is 38.8 Å². The number of benzene rings is 1.